The summed E-state index contributed by atoms with van der Waals surface area (Å²) in [5.74, 6) is -0.102. The quantitative estimate of drug-likeness (QED) is 0.622. The first kappa shape index (κ1) is 8.90. The molecule has 1 aromatic rings. The molecular weight excluding hydrogens is 252 g/mol. The molecule has 5 heteroatoms. The lowest BCUT2D eigenvalue weighted by Gasteiger charge is -2.24. The van der Waals surface area contributed by atoms with E-state index in [9.17, 15) is 4.79 Å². The lowest BCUT2D eigenvalue weighted by molar-refractivity contribution is 0.0948. The first-order valence-corrected chi connectivity index (χ1v) is 5.03. The Bertz CT molecular complexity index is 369. The number of benzene rings is 1. The minimum Gasteiger partial charge on any atom is -0.356 e. The predicted octanol–water partition coefficient (Wildman–Crippen LogP) is 1.82. The van der Waals surface area contributed by atoms with Crippen molar-refractivity contribution in [3.8, 4) is 0 Å². The molecule has 2 N–H and O–H groups in total. The van der Waals surface area contributed by atoms with Crippen molar-refractivity contribution >= 4 is 40.2 Å². The lowest BCUT2D eigenvalue weighted by Crippen LogP contribution is -2.41. The summed E-state index contributed by atoms with van der Waals surface area (Å²) in [6.07, 6.45) is 0. The SMILES string of the molecule is O=C1NC(S)Nc2ccc(Br)cc21. The van der Waals surface area contributed by atoms with Gasteiger partial charge < -0.3 is 10.6 Å². The Morgan fingerprint density at radius 1 is 1.38 bits per heavy atom. The number of halogens is 1. The average Bonchev–Trinajstić information content (AvgIpc) is 2.06. The van der Waals surface area contributed by atoms with Crippen LogP contribution in [0.4, 0.5) is 5.69 Å². The molecule has 1 aliphatic heterocycles. The van der Waals surface area contributed by atoms with Crippen LogP contribution in [0, 0.1) is 0 Å². The molecule has 0 spiro atoms. The molecule has 1 atom stereocenters. The third-order valence-electron chi connectivity index (χ3n) is 1.79. The van der Waals surface area contributed by atoms with Gasteiger partial charge in [0.05, 0.1) is 5.56 Å². The first-order valence-electron chi connectivity index (χ1n) is 3.72. The number of rotatable bonds is 0. The number of carbonyl (C=O) groups excluding carboxylic acids is 1. The molecule has 0 bridgehead atoms. The normalized spacial score (nSPS) is 20.2. The zero-order valence-corrected chi connectivity index (χ0v) is 9.02. The number of thiol groups is 1. The van der Waals surface area contributed by atoms with Crippen molar-refractivity contribution in [2.24, 2.45) is 0 Å². The largest absolute Gasteiger partial charge is 0.356 e. The van der Waals surface area contributed by atoms with Gasteiger partial charge in [0, 0.05) is 10.2 Å². The van der Waals surface area contributed by atoms with E-state index in [2.05, 4.69) is 39.2 Å². The molecule has 0 radical (unpaired) electrons. The van der Waals surface area contributed by atoms with Gasteiger partial charge in [0.1, 0.15) is 5.50 Å². The summed E-state index contributed by atoms with van der Waals surface area (Å²) in [4.78, 5) is 11.4. The van der Waals surface area contributed by atoms with Gasteiger partial charge in [-0.1, -0.05) is 15.9 Å². The van der Waals surface area contributed by atoms with Crippen LogP contribution >= 0.6 is 28.6 Å². The van der Waals surface area contributed by atoms with Gasteiger partial charge in [-0.2, -0.15) is 0 Å². The van der Waals surface area contributed by atoms with Gasteiger partial charge in [-0.3, -0.25) is 4.79 Å². The maximum atomic E-state index is 11.4. The number of carbonyl (C=O) groups is 1. The molecule has 1 amide bonds. The molecule has 0 aromatic heterocycles. The van der Waals surface area contributed by atoms with Crippen LogP contribution in [0.15, 0.2) is 22.7 Å². The van der Waals surface area contributed by atoms with E-state index in [4.69, 9.17) is 0 Å². The van der Waals surface area contributed by atoms with Gasteiger partial charge in [0.2, 0.25) is 0 Å². The van der Waals surface area contributed by atoms with E-state index in [-0.39, 0.29) is 11.4 Å². The maximum Gasteiger partial charge on any atom is 0.255 e. The van der Waals surface area contributed by atoms with Gasteiger partial charge >= 0.3 is 0 Å². The summed E-state index contributed by atoms with van der Waals surface area (Å²) >= 11 is 7.42. The van der Waals surface area contributed by atoms with Gasteiger partial charge in [-0.25, -0.2) is 0 Å². The van der Waals surface area contributed by atoms with Crippen molar-refractivity contribution in [1.82, 2.24) is 5.32 Å². The number of nitrogens with one attached hydrogen (secondary N) is 2. The van der Waals surface area contributed by atoms with Crippen LogP contribution in [0.25, 0.3) is 0 Å². The number of anilines is 1. The predicted molar refractivity (Wildman–Crippen MR) is 58.0 cm³/mol. The second kappa shape index (κ2) is 3.23. The number of hydrogen-bond donors (Lipinski definition) is 3. The summed E-state index contributed by atoms with van der Waals surface area (Å²) in [6, 6.07) is 5.50. The van der Waals surface area contributed by atoms with Crippen LogP contribution in [-0.4, -0.2) is 11.4 Å². The van der Waals surface area contributed by atoms with Crippen LogP contribution in [0.1, 0.15) is 10.4 Å². The monoisotopic (exact) mass is 258 g/mol. The van der Waals surface area contributed by atoms with Crippen molar-refractivity contribution < 1.29 is 4.79 Å². The number of amides is 1. The smallest absolute Gasteiger partial charge is 0.255 e. The minimum absolute atomic E-state index is 0.102. The summed E-state index contributed by atoms with van der Waals surface area (Å²) < 4.78 is 0.890. The Labute approximate surface area is 89.4 Å². The fraction of sp³-hybridized carbons (Fsp3) is 0.125. The molecule has 0 aliphatic carbocycles. The average molecular weight is 259 g/mol. The Morgan fingerprint density at radius 3 is 2.92 bits per heavy atom. The van der Waals surface area contributed by atoms with Crippen LogP contribution in [0.5, 0.6) is 0 Å². The highest BCUT2D eigenvalue weighted by Gasteiger charge is 2.20. The fourth-order valence-corrected chi connectivity index (χ4v) is 1.83. The molecule has 13 heavy (non-hydrogen) atoms. The first-order chi connectivity index (χ1) is 6.16. The molecule has 0 fully saturated rings. The topological polar surface area (TPSA) is 41.1 Å². The highest BCUT2D eigenvalue weighted by molar-refractivity contribution is 9.10. The third-order valence-corrected chi connectivity index (χ3v) is 2.54. The van der Waals surface area contributed by atoms with Crippen molar-refractivity contribution in [2.45, 2.75) is 5.50 Å². The summed E-state index contributed by atoms with van der Waals surface area (Å²) in [5.41, 5.74) is 1.15. The van der Waals surface area contributed by atoms with Crippen molar-refractivity contribution in [1.29, 1.82) is 0 Å². The van der Waals surface area contributed by atoms with Gasteiger partial charge in [0.15, 0.2) is 0 Å². The number of hydrogen-bond acceptors (Lipinski definition) is 3. The summed E-state index contributed by atoms with van der Waals surface area (Å²) in [7, 11) is 0. The van der Waals surface area contributed by atoms with E-state index in [0.717, 1.165) is 10.2 Å². The molecule has 1 unspecified atom stereocenters. The van der Waals surface area contributed by atoms with Gasteiger partial charge in [-0.05, 0) is 18.2 Å². The highest BCUT2D eigenvalue weighted by atomic mass is 79.9. The Balaban J connectivity index is 2.49. The lowest BCUT2D eigenvalue weighted by atomic mass is 10.1. The highest BCUT2D eigenvalue weighted by Crippen LogP contribution is 2.24. The standard InChI is InChI=1S/C8H7BrN2OS/c9-4-1-2-6-5(3-4)7(12)11-8(13)10-6/h1-3,8,10,13H,(H,11,12). The van der Waals surface area contributed by atoms with Crippen LogP contribution < -0.4 is 10.6 Å². The van der Waals surface area contributed by atoms with Crippen molar-refractivity contribution in [2.75, 3.05) is 5.32 Å². The zero-order chi connectivity index (χ0) is 9.42. The zero-order valence-electron chi connectivity index (χ0n) is 6.54. The molecule has 0 saturated carbocycles. The van der Waals surface area contributed by atoms with Crippen LogP contribution in [0.3, 0.4) is 0 Å². The summed E-state index contributed by atoms with van der Waals surface area (Å²) in [5, 5.41) is 5.68. The fourth-order valence-electron chi connectivity index (χ4n) is 1.22. The van der Waals surface area contributed by atoms with E-state index < -0.39 is 0 Å². The maximum absolute atomic E-state index is 11.4. The molecule has 3 nitrogen and oxygen atoms in total. The molecular formula is C8H7BrN2OS. The van der Waals surface area contributed by atoms with Crippen LogP contribution in [-0.2, 0) is 0 Å². The van der Waals surface area contributed by atoms with Crippen molar-refractivity contribution in [3.05, 3.63) is 28.2 Å². The van der Waals surface area contributed by atoms with E-state index in [0.29, 0.717) is 5.56 Å². The van der Waals surface area contributed by atoms with E-state index in [1.54, 1.807) is 6.07 Å². The van der Waals surface area contributed by atoms with Crippen molar-refractivity contribution in [3.63, 3.8) is 0 Å². The Hall–Kier alpha value is -0.680. The molecule has 2 rings (SSSR count). The molecule has 1 heterocycles. The van der Waals surface area contributed by atoms with Gasteiger partial charge in [-0.15, -0.1) is 12.6 Å². The molecule has 0 saturated heterocycles. The third kappa shape index (κ3) is 1.66. The van der Waals surface area contributed by atoms with E-state index in [1.807, 2.05) is 12.1 Å². The van der Waals surface area contributed by atoms with Crippen LogP contribution in [0.2, 0.25) is 0 Å². The second-order valence-corrected chi connectivity index (χ2v) is 4.14. The molecule has 1 aromatic carbocycles. The molecule has 68 valence electrons. The minimum atomic E-state index is -0.304. The second-order valence-electron chi connectivity index (χ2n) is 2.71. The number of fused-ring (bicyclic) bond motifs is 1. The Kier molecular flexibility index (Phi) is 2.21. The molecule has 1 aliphatic rings. The Morgan fingerprint density at radius 2 is 2.15 bits per heavy atom. The van der Waals surface area contributed by atoms with E-state index >= 15 is 0 Å². The van der Waals surface area contributed by atoms with Gasteiger partial charge in [0.25, 0.3) is 5.91 Å². The van der Waals surface area contributed by atoms with E-state index in [1.165, 1.54) is 0 Å². The summed E-state index contributed by atoms with van der Waals surface area (Å²) in [6.45, 7) is 0.